The van der Waals surface area contributed by atoms with E-state index < -0.39 is 55.2 Å². The highest BCUT2D eigenvalue weighted by atomic mass is 19.4. The van der Waals surface area contributed by atoms with Crippen LogP contribution in [0.3, 0.4) is 0 Å². The number of carbonyl (C=O) groups is 2. The second kappa shape index (κ2) is 10.1. The Bertz CT molecular complexity index is 1190. The summed E-state index contributed by atoms with van der Waals surface area (Å²) in [5.41, 5.74) is -0.0355. The minimum absolute atomic E-state index is 0.0570. The molecular weight excluding hydrogens is 465 g/mol. The third-order valence-electron chi connectivity index (χ3n) is 4.94. The van der Waals surface area contributed by atoms with Crippen molar-refractivity contribution in [3.63, 3.8) is 0 Å². The number of carbonyl (C=O) groups excluding carboxylic acids is 2. The minimum Gasteiger partial charge on any atom is -0.485 e. The quantitative estimate of drug-likeness (QED) is 0.384. The van der Waals surface area contributed by atoms with Crippen LogP contribution < -0.4 is 10.1 Å². The number of benzene rings is 1. The van der Waals surface area contributed by atoms with Gasteiger partial charge in [-0.1, -0.05) is 6.07 Å². The second-order valence-electron chi connectivity index (χ2n) is 7.30. The third kappa shape index (κ3) is 5.61. The van der Waals surface area contributed by atoms with E-state index >= 15 is 0 Å². The van der Waals surface area contributed by atoms with Crippen molar-refractivity contribution in [2.45, 2.75) is 38.6 Å². The summed E-state index contributed by atoms with van der Waals surface area (Å²) in [6.07, 6.45) is -5.09. The van der Waals surface area contributed by atoms with Crippen LogP contribution >= 0.6 is 0 Å². The number of alkyl halides is 3. The van der Waals surface area contributed by atoms with Gasteiger partial charge in [-0.2, -0.15) is 13.2 Å². The molecule has 0 saturated carbocycles. The van der Waals surface area contributed by atoms with Gasteiger partial charge in [-0.3, -0.25) is 9.20 Å². The van der Waals surface area contributed by atoms with E-state index in [1.165, 1.54) is 35.7 Å². The summed E-state index contributed by atoms with van der Waals surface area (Å²) < 4.78 is 77.0. The van der Waals surface area contributed by atoms with Crippen LogP contribution in [0.1, 0.15) is 34.6 Å². The van der Waals surface area contributed by atoms with Crippen molar-refractivity contribution >= 4 is 17.5 Å². The van der Waals surface area contributed by atoms with Gasteiger partial charge in [0.15, 0.2) is 11.4 Å². The number of aromatic nitrogens is 2. The fourth-order valence-electron chi connectivity index (χ4n) is 3.29. The highest BCUT2D eigenvalue weighted by molar-refractivity contribution is 5.97. The predicted octanol–water partition coefficient (Wildman–Crippen LogP) is 4.11. The number of esters is 1. The maximum absolute atomic E-state index is 13.9. The first-order valence-electron chi connectivity index (χ1n) is 10.0. The molecule has 3 rings (SSSR count). The van der Waals surface area contributed by atoms with Crippen LogP contribution in [-0.2, 0) is 16.1 Å². The van der Waals surface area contributed by atoms with E-state index in [2.05, 4.69) is 15.0 Å². The summed E-state index contributed by atoms with van der Waals surface area (Å²) in [5.74, 6) is -3.37. The number of nitrogens with zero attached hydrogens (tertiary/aromatic N) is 2. The smallest absolute Gasteiger partial charge is 0.389 e. The number of pyridine rings is 1. The first kappa shape index (κ1) is 24.9. The molecule has 0 aliphatic carbocycles. The van der Waals surface area contributed by atoms with Crippen LogP contribution in [0.25, 0.3) is 5.65 Å². The molecule has 182 valence electrons. The molecule has 1 aromatic carbocycles. The monoisotopic (exact) mass is 485 g/mol. The van der Waals surface area contributed by atoms with Gasteiger partial charge >= 0.3 is 12.1 Å². The Balaban J connectivity index is 1.86. The number of hydrogen-bond donors (Lipinski definition) is 1. The Morgan fingerprint density at radius 3 is 2.44 bits per heavy atom. The minimum atomic E-state index is -4.53. The molecule has 3 aromatic rings. The average molecular weight is 485 g/mol. The zero-order chi connectivity index (χ0) is 25.0. The standard InChI is InChI=1S/C22H20F5N3O4/c1-12-18(20(31)29-16(21(32)33-2)8-9-22(25,26)27)30-10-4-7-17(19(30)28-12)34-11-13-14(23)5-3-6-15(13)24/h3-7,10,16H,8-9,11H2,1-2H3,(H,29,31)/t16-/m0/s1. The van der Waals surface area contributed by atoms with Crippen LogP contribution in [0.2, 0.25) is 0 Å². The summed E-state index contributed by atoms with van der Waals surface area (Å²) >= 11 is 0. The Labute approximate surface area is 190 Å². The van der Waals surface area contributed by atoms with Crippen molar-refractivity contribution in [2.75, 3.05) is 7.11 Å². The highest BCUT2D eigenvalue weighted by Gasteiger charge is 2.32. The molecule has 2 heterocycles. The van der Waals surface area contributed by atoms with Crippen molar-refractivity contribution < 1.29 is 41.0 Å². The Morgan fingerprint density at radius 2 is 1.82 bits per heavy atom. The second-order valence-corrected chi connectivity index (χ2v) is 7.30. The lowest BCUT2D eigenvalue weighted by Crippen LogP contribution is -2.42. The maximum atomic E-state index is 13.9. The van der Waals surface area contributed by atoms with Gasteiger partial charge in [-0.25, -0.2) is 18.6 Å². The van der Waals surface area contributed by atoms with Crippen LogP contribution in [0.5, 0.6) is 5.75 Å². The molecule has 0 fully saturated rings. The Morgan fingerprint density at radius 1 is 1.15 bits per heavy atom. The number of rotatable bonds is 8. The van der Waals surface area contributed by atoms with Gasteiger partial charge in [0.2, 0.25) is 0 Å². The van der Waals surface area contributed by atoms with Gasteiger partial charge in [0.1, 0.15) is 30.0 Å². The molecule has 2 aromatic heterocycles. The number of imidazole rings is 1. The summed E-state index contributed by atoms with van der Waals surface area (Å²) in [5, 5.41) is 2.25. The Kier molecular flexibility index (Phi) is 7.38. The Hall–Kier alpha value is -3.70. The number of ether oxygens (including phenoxy) is 2. The van der Waals surface area contributed by atoms with Crippen LogP contribution in [0, 0.1) is 18.6 Å². The van der Waals surface area contributed by atoms with Crippen molar-refractivity contribution in [3.05, 3.63) is 65.1 Å². The van der Waals surface area contributed by atoms with Crippen LogP contribution in [0.15, 0.2) is 36.5 Å². The number of methoxy groups -OCH3 is 1. The van der Waals surface area contributed by atoms with E-state index in [4.69, 9.17) is 4.74 Å². The summed E-state index contributed by atoms with van der Waals surface area (Å²) in [6, 6.07) is 4.81. The van der Waals surface area contributed by atoms with E-state index in [-0.39, 0.29) is 28.3 Å². The van der Waals surface area contributed by atoms with Crippen molar-refractivity contribution in [2.24, 2.45) is 0 Å². The molecule has 0 saturated heterocycles. The average Bonchev–Trinajstić information content (AvgIpc) is 3.11. The van der Waals surface area contributed by atoms with Gasteiger partial charge in [0, 0.05) is 12.6 Å². The predicted molar refractivity (Wildman–Crippen MR) is 109 cm³/mol. The van der Waals surface area contributed by atoms with Crippen molar-refractivity contribution in [1.29, 1.82) is 0 Å². The lowest BCUT2D eigenvalue weighted by atomic mass is 10.1. The summed E-state index contributed by atoms with van der Waals surface area (Å²) in [7, 11) is 0.997. The molecule has 1 N–H and O–H groups in total. The number of halogens is 5. The molecule has 0 unspecified atom stereocenters. The first-order chi connectivity index (χ1) is 16.0. The highest BCUT2D eigenvalue weighted by Crippen LogP contribution is 2.25. The molecule has 12 heteroatoms. The summed E-state index contributed by atoms with van der Waals surface area (Å²) in [4.78, 5) is 29.0. The van der Waals surface area contributed by atoms with Gasteiger partial charge in [0.05, 0.1) is 18.4 Å². The molecule has 0 bridgehead atoms. The zero-order valence-electron chi connectivity index (χ0n) is 18.1. The van der Waals surface area contributed by atoms with E-state index in [0.29, 0.717) is 0 Å². The number of hydrogen-bond acceptors (Lipinski definition) is 5. The van der Waals surface area contributed by atoms with E-state index in [1.807, 2.05) is 0 Å². The molecule has 7 nitrogen and oxygen atoms in total. The number of fused-ring (bicyclic) bond motifs is 1. The lowest BCUT2D eigenvalue weighted by molar-refractivity contribution is -0.148. The summed E-state index contributed by atoms with van der Waals surface area (Å²) in [6.45, 7) is 1.03. The van der Waals surface area contributed by atoms with E-state index in [9.17, 15) is 31.5 Å². The number of nitrogens with one attached hydrogen (secondary N) is 1. The van der Waals surface area contributed by atoms with Gasteiger partial charge in [-0.15, -0.1) is 0 Å². The molecule has 34 heavy (non-hydrogen) atoms. The van der Waals surface area contributed by atoms with Gasteiger partial charge in [0.25, 0.3) is 5.91 Å². The third-order valence-corrected chi connectivity index (χ3v) is 4.94. The van der Waals surface area contributed by atoms with Crippen molar-refractivity contribution in [3.8, 4) is 5.75 Å². The molecule has 0 spiro atoms. The van der Waals surface area contributed by atoms with Crippen LogP contribution in [-0.4, -0.2) is 40.6 Å². The fraction of sp³-hybridized carbons (Fsp3) is 0.318. The molecular formula is C22H20F5N3O4. The van der Waals surface area contributed by atoms with Crippen LogP contribution in [0.4, 0.5) is 22.0 Å². The van der Waals surface area contributed by atoms with E-state index in [0.717, 1.165) is 19.2 Å². The SMILES string of the molecule is COC(=O)[C@H](CCC(F)(F)F)NC(=O)c1c(C)nc2c(OCc3c(F)cccc3F)cccn12. The number of amides is 1. The maximum Gasteiger partial charge on any atom is 0.389 e. The first-order valence-corrected chi connectivity index (χ1v) is 10.0. The molecule has 1 atom stereocenters. The fourth-order valence-corrected chi connectivity index (χ4v) is 3.29. The topological polar surface area (TPSA) is 81.9 Å². The van der Waals surface area contributed by atoms with Gasteiger partial charge in [-0.05, 0) is 37.6 Å². The lowest BCUT2D eigenvalue weighted by Gasteiger charge is -2.17. The normalized spacial score (nSPS) is 12.4. The van der Waals surface area contributed by atoms with Gasteiger partial charge < -0.3 is 14.8 Å². The van der Waals surface area contributed by atoms with E-state index in [1.54, 1.807) is 0 Å². The molecule has 0 radical (unpaired) electrons. The largest absolute Gasteiger partial charge is 0.485 e. The number of aryl methyl sites for hydroxylation is 1. The zero-order valence-corrected chi connectivity index (χ0v) is 18.1. The molecule has 1 amide bonds. The molecule has 0 aliphatic rings. The molecule has 0 aliphatic heterocycles. The van der Waals surface area contributed by atoms with Crippen molar-refractivity contribution in [1.82, 2.24) is 14.7 Å².